The Morgan fingerprint density at radius 2 is 1.79 bits per heavy atom. The van der Waals surface area contributed by atoms with Gasteiger partial charge in [-0.25, -0.2) is 4.79 Å². The zero-order valence-electron chi connectivity index (χ0n) is 15.0. The summed E-state index contributed by atoms with van der Waals surface area (Å²) in [6, 6.07) is 22.0. The molecule has 0 bridgehead atoms. The Bertz CT molecular complexity index is 1260. The van der Waals surface area contributed by atoms with E-state index in [1.54, 1.807) is 36.4 Å². The maximum atomic E-state index is 12.7. The van der Waals surface area contributed by atoms with Gasteiger partial charge < -0.3 is 9.73 Å². The Balaban J connectivity index is 1.69. The van der Waals surface area contributed by atoms with Crippen molar-refractivity contribution < 1.29 is 9.21 Å². The first-order valence-electron chi connectivity index (χ1n) is 8.72. The van der Waals surface area contributed by atoms with E-state index in [4.69, 9.17) is 4.42 Å². The number of fused-ring (bicyclic) bond motifs is 1. The van der Waals surface area contributed by atoms with Crippen LogP contribution in [0.3, 0.4) is 0 Å². The quantitative estimate of drug-likeness (QED) is 0.305. The minimum atomic E-state index is -0.426. The Hall–Kier alpha value is -2.93. The number of carbonyl (C=O) groups excluding carboxylic acids is 1. The third-order valence-electron chi connectivity index (χ3n) is 4.51. The first kappa shape index (κ1) is 18.4. The van der Waals surface area contributed by atoms with Gasteiger partial charge in [0.05, 0.1) is 5.56 Å². The Labute approximate surface area is 175 Å². The largest absolute Gasteiger partial charge is 0.422 e. The maximum absolute atomic E-state index is 12.7. The summed E-state index contributed by atoms with van der Waals surface area (Å²) in [6.45, 7) is 1.95. The molecule has 0 spiro atoms. The lowest BCUT2D eigenvalue weighted by Gasteiger charge is -2.10. The van der Waals surface area contributed by atoms with E-state index in [1.165, 1.54) is 0 Å². The molecule has 0 atom stereocenters. The fourth-order valence-corrected chi connectivity index (χ4v) is 3.70. The van der Waals surface area contributed by atoms with Gasteiger partial charge in [-0.2, -0.15) is 0 Å². The lowest BCUT2D eigenvalue weighted by Crippen LogP contribution is -2.13. The molecule has 0 aliphatic carbocycles. The standard InChI is InChI=1S/C23H16INO3/c1-14-11-18(24)9-10-20(14)25-22(26)17-7-4-6-15(12-17)19-13-16-5-2-3-8-21(16)28-23(19)27/h2-13H,1H3,(H,25,26). The molecular formula is C23H16INO3. The monoisotopic (exact) mass is 481 g/mol. The van der Waals surface area contributed by atoms with Crippen molar-refractivity contribution in [3.63, 3.8) is 0 Å². The van der Waals surface area contributed by atoms with E-state index in [9.17, 15) is 9.59 Å². The molecule has 0 saturated heterocycles. The van der Waals surface area contributed by atoms with Gasteiger partial charge in [-0.05, 0) is 83.1 Å². The lowest BCUT2D eigenvalue weighted by molar-refractivity contribution is 0.102. The van der Waals surface area contributed by atoms with Crippen LogP contribution in [0.2, 0.25) is 0 Å². The van der Waals surface area contributed by atoms with E-state index in [0.29, 0.717) is 22.3 Å². The molecule has 0 aliphatic rings. The second kappa shape index (κ2) is 7.59. The van der Waals surface area contributed by atoms with Crippen LogP contribution in [0.25, 0.3) is 22.1 Å². The molecule has 4 nitrogen and oxygen atoms in total. The van der Waals surface area contributed by atoms with Crippen molar-refractivity contribution in [1.29, 1.82) is 0 Å². The first-order chi connectivity index (χ1) is 13.5. The van der Waals surface area contributed by atoms with Gasteiger partial charge in [0.1, 0.15) is 5.58 Å². The molecule has 0 saturated carbocycles. The van der Waals surface area contributed by atoms with Gasteiger partial charge in [0, 0.05) is 20.2 Å². The molecule has 0 unspecified atom stereocenters. The molecule has 1 aromatic heterocycles. The second-order valence-corrected chi connectivity index (χ2v) is 7.73. The van der Waals surface area contributed by atoms with Gasteiger partial charge in [0.15, 0.2) is 0 Å². The predicted molar refractivity (Wildman–Crippen MR) is 120 cm³/mol. The predicted octanol–water partition coefficient (Wildman–Crippen LogP) is 5.63. The number of hydrogen-bond acceptors (Lipinski definition) is 3. The zero-order chi connectivity index (χ0) is 19.7. The highest BCUT2D eigenvalue weighted by Crippen LogP contribution is 2.23. The van der Waals surface area contributed by atoms with Crippen molar-refractivity contribution in [2.45, 2.75) is 6.92 Å². The number of nitrogens with one attached hydrogen (secondary N) is 1. The number of amides is 1. The number of para-hydroxylation sites is 1. The highest BCUT2D eigenvalue weighted by atomic mass is 127. The van der Waals surface area contributed by atoms with E-state index < -0.39 is 5.63 Å². The van der Waals surface area contributed by atoms with Gasteiger partial charge in [-0.15, -0.1) is 0 Å². The fourth-order valence-electron chi connectivity index (χ4n) is 3.05. The summed E-state index contributed by atoms with van der Waals surface area (Å²) >= 11 is 2.24. The van der Waals surface area contributed by atoms with Crippen LogP contribution in [-0.4, -0.2) is 5.91 Å². The number of halogens is 1. The van der Waals surface area contributed by atoms with Crippen molar-refractivity contribution in [2.24, 2.45) is 0 Å². The summed E-state index contributed by atoms with van der Waals surface area (Å²) in [5.41, 5.74) is 3.42. The van der Waals surface area contributed by atoms with Crippen LogP contribution in [0.5, 0.6) is 0 Å². The van der Waals surface area contributed by atoms with Gasteiger partial charge in [-0.1, -0.05) is 30.3 Å². The summed E-state index contributed by atoms with van der Waals surface area (Å²) in [6.07, 6.45) is 0. The normalized spacial score (nSPS) is 10.8. The van der Waals surface area contributed by atoms with E-state index in [0.717, 1.165) is 20.2 Å². The van der Waals surface area contributed by atoms with Crippen LogP contribution in [-0.2, 0) is 0 Å². The third-order valence-corrected chi connectivity index (χ3v) is 5.18. The van der Waals surface area contributed by atoms with Crippen LogP contribution >= 0.6 is 22.6 Å². The molecule has 28 heavy (non-hydrogen) atoms. The zero-order valence-corrected chi connectivity index (χ0v) is 17.2. The van der Waals surface area contributed by atoms with Crippen molar-refractivity contribution >= 4 is 45.2 Å². The summed E-state index contributed by atoms with van der Waals surface area (Å²) in [7, 11) is 0. The van der Waals surface area contributed by atoms with Crippen LogP contribution in [0.15, 0.2) is 82.0 Å². The highest BCUT2D eigenvalue weighted by Gasteiger charge is 2.12. The fraction of sp³-hybridized carbons (Fsp3) is 0.0435. The minimum absolute atomic E-state index is 0.226. The average molecular weight is 481 g/mol. The van der Waals surface area contributed by atoms with Crippen LogP contribution in [0.1, 0.15) is 15.9 Å². The summed E-state index contributed by atoms with van der Waals surface area (Å²) in [4.78, 5) is 25.1. The number of aryl methyl sites for hydroxylation is 1. The number of anilines is 1. The van der Waals surface area contributed by atoms with Crippen molar-refractivity contribution in [3.05, 3.63) is 97.9 Å². The van der Waals surface area contributed by atoms with Gasteiger partial charge in [0.2, 0.25) is 0 Å². The van der Waals surface area contributed by atoms with Crippen molar-refractivity contribution in [3.8, 4) is 11.1 Å². The highest BCUT2D eigenvalue weighted by molar-refractivity contribution is 14.1. The van der Waals surface area contributed by atoms with Gasteiger partial charge >= 0.3 is 5.63 Å². The van der Waals surface area contributed by atoms with E-state index in [-0.39, 0.29) is 5.91 Å². The molecule has 0 radical (unpaired) electrons. The Kier molecular flexibility index (Phi) is 5.00. The van der Waals surface area contributed by atoms with Crippen LogP contribution in [0.4, 0.5) is 5.69 Å². The van der Waals surface area contributed by atoms with Crippen LogP contribution in [0, 0.1) is 10.5 Å². The second-order valence-electron chi connectivity index (χ2n) is 6.48. The van der Waals surface area contributed by atoms with Crippen LogP contribution < -0.4 is 10.9 Å². The maximum Gasteiger partial charge on any atom is 0.344 e. The SMILES string of the molecule is Cc1cc(I)ccc1NC(=O)c1cccc(-c2cc3ccccc3oc2=O)c1. The number of benzene rings is 3. The lowest BCUT2D eigenvalue weighted by atomic mass is 10.0. The van der Waals surface area contributed by atoms with E-state index >= 15 is 0 Å². The van der Waals surface area contributed by atoms with Gasteiger partial charge in [0.25, 0.3) is 5.91 Å². The summed E-state index contributed by atoms with van der Waals surface area (Å²) in [5, 5.41) is 3.77. The molecule has 0 fully saturated rings. The van der Waals surface area contributed by atoms with E-state index in [2.05, 4.69) is 27.9 Å². The molecule has 1 amide bonds. The average Bonchev–Trinajstić information content (AvgIpc) is 2.69. The third kappa shape index (κ3) is 3.71. The van der Waals surface area contributed by atoms with E-state index in [1.807, 2.05) is 43.3 Å². The minimum Gasteiger partial charge on any atom is -0.422 e. The number of carbonyl (C=O) groups is 1. The number of hydrogen-bond donors (Lipinski definition) is 1. The molecule has 138 valence electrons. The molecular weight excluding hydrogens is 465 g/mol. The molecule has 0 aliphatic heterocycles. The molecule has 1 N–H and O–H groups in total. The Morgan fingerprint density at radius 3 is 2.61 bits per heavy atom. The molecule has 3 aromatic carbocycles. The molecule has 1 heterocycles. The summed E-state index contributed by atoms with van der Waals surface area (Å²) in [5.74, 6) is -0.226. The van der Waals surface area contributed by atoms with Crippen molar-refractivity contribution in [2.75, 3.05) is 5.32 Å². The van der Waals surface area contributed by atoms with Gasteiger partial charge in [-0.3, -0.25) is 4.79 Å². The first-order valence-corrected chi connectivity index (χ1v) is 9.80. The molecule has 4 aromatic rings. The smallest absolute Gasteiger partial charge is 0.344 e. The topological polar surface area (TPSA) is 59.3 Å². The summed E-state index contributed by atoms with van der Waals surface area (Å²) < 4.78 is 6.52. The van der Waals surface area contributed by atoms with Crippen molar-refractivity contribution in [1.82, 2.24) is 0 Å². The number of rotatable bonds is 3. The Morgan fingerprint density at radius 1 is 0.964 bits per heavy atom. The molecule has 5 heteroatoms. The molecule has 4 rings (SSSR count).